The fraction of sp³-hybridized carbons (Fsp3) is 0.419. The number of ketones is 1. The van der Waals surface area contributed by atoms with Crippen LogP contribution in [0, 0.1) is 46.8 Å². The molecule has 9 nitrogen and oxygen atoms in total. The van der Waals surface area contributed by atoms with E-state index in [2.05, 4.69) is 20.9 Å². The minimum atomic E-state index is -1.81. The van der Waals surface area contributed by atoms with Crippen molar-refractivity contribution in [2.45, 2.75) is 45.6 Å². The molecule has 0 radical (unpaired) electrons. The Morgan fingerprint density at radius 3 is 2.36 bits per heavy atom. The first-order valence-electron chi connectivity index (χ1n) is 14.5. The molecule has 242 valence electrons. The summed E-state index contributed by atoms with van der Waals surface area (Å²) < 4.78 is 73.8. The van der Waals surface area contributed by atoms with Gasteiger partial charge in [0.2, 0.25) is 23.4 Å². The van der Waals surface area contributed by atoms with Crippen LogP contribution in [0.15, 0.2) is 30.3 Å². The molecular formula is C31H33F5N4O5. The van der Waals surface area contributed by atoms with Crippen molar-refractivity contribution in [3.8, 4) is 5.75 Å². The number of ether oxygens (including phenoxy) is 1. The molecule has 3 atom stereocenters. The average Bonchev–Trinajstić information content (AvgIpc) is 3.61. The van der Waals surface area contributed by atoms with E-state index in [4.69, 9.17) is 4.74 Å². The Hall–Kier alpha value is -4.49. The molecule has 1 aromatic heterocycles. The summed E-state index contributed by atoms with van der Waals surface area (Å²) in [5.41, 5.74) is 0.619. The molecule has 3 aromatic rings. The summed E-state index contributed by atoms with van der Waals surface area (Å²) in [4.78, 5) is 54.6. The van der Waals surface area contributed by atoms with Gasteiger partial charge in [-0.05, 0) is 55.9 Å². The molecule has 1 saturated heterocycles. The summed E-state index contributed by atoms with van der Waals surface area (Å²) in [7, 11) is 0. The van der Waals surface area contributed by atoms with Gasteiger partial charge < -0.3 is 25.7 Å². The molecule has 0 bridgehead atoms. The van der Waals surface area contributed by atoms with Gasteiger partial charge in [-0.2, -0.15) is 8.78 Å². The lowest BCUT2D eigenvalue weighted by Gasteiger charge is -2.23. The first kappa shape index (κ1) is 33.4. The predicted molar refractivity (Wildman–Crippen MR) is 153 cm³/mol. The van der Waals surface area contributed by atoms with Crippen LogP contribution in [0.2, 0.25) is 0 Å². The number of halogens is 5. The predicted octanol–water partition coefficient (Wildman–Crippen LogP) is 4.30. The van der Waals surface area contributed by atoms with Gasteiger partial charge in [0, 0.05) is 41.9 Å². The zero-order chi connectivity index (χ0) is 32.8. The maximum absolute atomic E-state index is 14.1. The Bertz CT molecular complexity index is 1570. The second kappa shape index (κ2) is 14.5. The molecule has 4 N–H and O–H groups in total. The summed E-state index contributed by atoms with van der Waals surface area (Å²) >= 11 is 0. The second-order valence-electron chi connectivity index (χ2n) is 11.4. The molecule has 1 unspecified atom stereocenters. The highest BCUT2D eigenvalue weighted by Crippen LogP contribution is 2.27. The third-order valence-electron chi connectivity index (χ3n) is 7.62. The number of rotatable bonds is 14. The van der Waals surface area contributed by atoms with Gasteiger partial charge in [0.25, 0.3) is 5.91 Å². The van der Waals surface area contributed by atoms with Crippen molar-refractivity contribution in [2.24, 2.45) is 17.8 Å². The number of amides is 3. The molecular weight excluding hydrogens is 603 g/mol. The van der Waals surface area contributed by atoms with Gasteiger partial charge in [-0.1, -0.05) is 13.8 Å². The van der Waals surface area contributed by atoms with E-state index >= 15 is 0 Å². The SMILES string of the molecule is CC(C)CC[C@H](NC(=O)c1cc2cc(F)ccc2[nH]1)C(=O)NCC(C[C@@H]1CCNC1=O)C(=O)COc1c(F)c(F)cc(F)c1F. The Labute approximate surface area is 255 Å². The Kier molecular flexibility index (Phi) is 10.8. The fourth-order valence-corrected chi connectivity index (χ4v) is 5.06. The lowest BCUT2D eigenvalue weighted by Crippen LogP contribution is -2.49. The summed E-state index contributed by atoms with van der Waals surface area (Å²) in [6, 6.07) is 4.38. The molecule has 3 amide bonds. The normalized spacial score (nSPS) is 16.0. The van der Waals surface area contributed by atoms with E-state index in [0.29, 0.717) is 30.3 Å². The smallest absolute Gasteiger partial charge is 0.268 e. The molecule has 0 aliphatic carbocycles. The second-order valence-corrected chi connectivity index (χ2v) is 11.4. The van der Waals surface area contributed by atoms with Crippen molar-refractivity contribution in [1.82, 2.24) is 20.9 Å². The molecule has 1 fully saturated rings. The minimum absolute atomic E-state index is 0.00281. The number of nitrogens with one attached hydrogen (secondary N) is 4. The van der Waals surface area contributed by atoms with Crippen molar-refractivity contribution in [2.75, 3.05) is 19.7 Å². The third-order valence-corrected chi connectivity index (χ3v) is 7.62. The molecule has 1 aliphatic heterocycles. The van der Waals surface area contributed by atoms with Crippen LogP contribution in [0.3, 0.4) is 0 Å². The van der Waals surface area contributed by atoms with E-state index in [9.17, 15) is 41.1 Å². The van der Waals surface area contributed by atoms with Gasteiger partial charge in [-0.3, -0.25) is 19.2 Å². The lowest BCUT2D eigenvalue weighted by molar-refractivity contribution is -0.127. The highest BCUT2D eigenvalue weighted by atomic mass is 19.2. The number of Topliss-reactive ketones (excluding diaryl/α,β-unsaturated/α-hetero) is 1. The van der Waals surface area contributed by atoms with Crippen molar-refractivity contribution in [3.63, 3.8) is 0 Å². The number of benzene rings is 2. The van der Waals surface area contributed by atoms with Crippen LogP contribution in [0.4, 0.5) is 22.0 Å². The molecule has 14 heteroatoms. The molecule has 0 saturated carbocycles. The van der Waals surface area contributed by atoms with Gasteiger partial charge in [0.05, 0.1) is 0 Å². The van der Waals surface area contributed by atoms with E-state index in [0.717, 1.165) is 0 Å². The van der Waals surface area contributed by atoms with Crippen LogP contribution in [-0.2, 0) is 14.4 Å². The zero-order valence-electron chi connectivity index (χ0n) is 24.6. The minimum Gasteiger partial charge on any atom is -0.480 e. The van der Waals surface area contributed by atoms with E-state index in [1.807, 2.05) is 13.8 Å². The first-order chi connectivity index (χ1) is 21.3. The topological polar surface area (TPSA) is 129 Å². The molecule has 2 aromatic carbocycles. The number of fused-ring (bicyclic) bond motifs is 1. The van der Waals surface area contributed by atoms with Crippen molar-refractivity contribution in [1.29, 1.82) is 0 Å². The number of carbonyl (C=O) groups is 4. The Morgan fingerprint density at radius 1 is 1.00 bits per heavy atom. The number of aromatic nitrogens is 1. The summed E-state index contributed by atoms with van der Waals surface area (Å²) in [5, 5.41) is 8.38. The Morgan fingerprint density at radius 2 is 1.71 bits per heavy atom. The first-order valence-corrected chi connectivity index (χ1v) is 14.5. The average molecular weight is 637 g/mol. The van der Waals surface area contributed by atoms with Gasteiger partial charge in [0.15, 0.2) is 23.2 Å². The summed E-state index contributed by atoms with van der Waals surface area (Å²) in [6.45, 7) is 2.91. The number of hydrogen-bond donors (Lipinski definition) is 4. The lowest BCUT2D eigenvalue weighted by atomic mass is 9.90. The highest BCUT2D eigenvalue weighted by Gasteiger charge is 2.32. The Balaban J connectivity index is 1.47. The number of hydrogen-bond acceptors (Lipinski definition) is 5. The zero-order valence-corrected chi connectivity index (χ0v) is 24.6. The van der Waals surface area contributed by atoms with Crippen LogP contribution in [-0.4, -0.2) is 54.2 Å². The highest BCUT2D eigenvalue weighted by molar-refractivity contribution is 6.00. The largest absolute Gasteiger partial charge is 0.480 e. The van der Waals surface area contributed by atoms with Gasteiger partial charge >= 0.3 is 0 Å². The summed E-state index contributed by atoms with van der Waals surface area (Å²) in [5.74, 6) is -12.8. The van der Waals surface area contributed by atoms with Crippen LogP contribution in [0.25, 0.3) is 10.9 Å². The van der Waals surface area contributed by atoms with Crippen molar-refractivity contribution >= 4 is 34.4 Å². The maximum Gasteiger partial charge on any atom is 0.268 e. The number of carbonyl (C=O) groups excluding carboxylic acids is 4. The third kappa shape index (κ3) is 8.37. The maximum atomic E-state index is 14.1. The van der Waals surface area contributed by atoms with E-state index in [-0.39, 0.29) is 43.0 Å². The van der Waals surface area contributed by atoms with Crippen LogP contribution in [0.5, 0.6) is 5.75 Å². The standard InChI is InChI=1S/C31H33F5N4O5/c1-15(2)3-5-23(40-31(44)24-11-17-10-19(32)4-6-22(17)39-24)30(43)38-13-18(9-16-7-8-37-29(16)42)25(41)14-45-28-26(35)20(33)12-21(34)27(28)36/h4,6,10-12,15-16,18,23,39H,3,5,7-9,13-14H2,1-2H3,(H,37,42)(H,38,43)(H,40,44)/t16-,18?,23-/m0/s1. The van der Waals surface area contributed by atoms with Crippen LogP contribution < -0.4 is 20.7 Å². The van der Waals surface area contributed by atoms with E-state index < -0.39 is 76.9 Å². The molecule has 45 heavy (non-hydrogen) atoms. The number of aromatic amines is 1. The molecule has 4 rings (SSSR count). The van der Waals surface area contributed by atoms with Crippen molar-refractivity contribution < 1.29 is 45.9 Å². The van der Waals surface area contributed by atoms with Crippen molar-refractivity contribution in [3.05, 3.63) is 65.1 Å². The van der Waals surface area contributed by atoms with Crippen LogP contribution in [0.1, 0.15) is 50.0 Å². The molecule has 1 aliphatic rings. The summed E-state index contributed by atoms with van der Waals surface area (Å²) in [6.07, 6.45) is 1.14. The number of H-pyrrole nitrogens is 1. The monoisotopic (exact) mass is 636 g/mol. The van der Waals surface area contributed by atoms with Gasteiger partial charge in [-0.15, -0.1) is 0 Å². The molecule has 2 heterocycles. The van der Waals surface area contributed by atoms with E-state index in [1.165, 1.54) is 24.3 Å². The molecule has 0 spiro atoms. The van der Waals surface area contributed by atoms with Gasteiger partial charge in [0.1, 0.15) is 24.2 Å². The van der Waals surface area contributed by atoms with E-state index in [1.54, 1.807) is 0 Å². The van der Waals surface area contributed by atoms with Gasteiger partial charge in [-0.25, -0.2) is 13.2 Å². The van der Waals surface area contributed by atoms with Crippen LogP contribution >= 0.6 is 0 Å². The quantitative estimate of drug-likeness (QED) is 0.155. The fourth-order valence-electron chi connectivity index (χ4n) is 5.06.